The van der Waals surface area contributed by atoms with Gasteiger partial charge in [0.05, 0.1) is 13.5 Å². The molecule has 1 amide bonds. The van der Waals surface area contributed by atoms with E-state index in [2.05, 4.69) is 23.9 Å². The van der Waals surface area contributed by atoms with Gasteiger partial charge in [0.1, 0.15) is 19.3 Å². The second-order valence-corrected chi connectivity index (χ2v) is 10.6. The highest BCUT2D eigenvalue weighted by atomic mass is 32.2. The average molecular weight is 578 g/mol. The zero-order chi connectivity index (χ0) is 29.6. The van der Waals surface area contributed by atoms with E-state index >= 15 is 0 Å². The van der Waals surface area contributed by atoms with Gasteiger partial charge in [0, 0.05) is 31.5 Å². The van der Waals surface area contributed by atoms with E-state index in [9.17, 15) is 19.2 Å². The van der Waals surface area contributed by atoms with Gasteiger partial charge in [0.25, 0.3) is 0 Å². The molecule has 0 aromatic heterocycles. The summed E-state index contributed by atoms with van der Waals surface area (Å²) in [4.78, 5) is 47.2. The van der Waals surface area contributed by atoms with E-state index < -0.39 is 12.1 Å². The highest BCUT2D eigenvalue weighted by Crippen LogP contribution is 2.16. The van der Waals surface area contributed by atoms with Gasteiger partial charge in [-0.05, 0) is 19.3 Å². The molecule has 230 valence electrons. The van der Waals surface area contributed by atoms with Crippen LogP contribution in [0.25, 0.3) is 0 Å². The molecule has 0 heterocycles. The number of aliphatic hydroxyl groups excluding tert-OH is 1. The predicted molar refractivity (Wildman–Crippen MR) is 157 cm³/mol. The van der Waals surface area contributed by atoms with Crippen LogP contribution in [-0.4, -0.2) is 73.9 Å². The van der Waals surface area contributed by atoms with E-state index in [-0.39, 0.29) is 43.8 Å². The summed E-state index contributed by atoms with van der Waals surface area (Å²) < 4.78 is 15.4. The molecule has 1 unspecified atom stereocenters. The van der Waals surface area contributed by atoms with Crippen LogP contribution >= 0.6 is 11.8 Å². The van der Waals surface area contributed by atoms with Crippen molar-refractivity contribution in [2.45, 2.75) is 123 Å². The number of rotatable bonds is 25. The third-order valence-electron chi connectivity index (χ3n) is 5.93. The summed E-state index contributed by atoms with van der Waals surface area (Å²) in [7, 11) is 2.27. The number of aliphatic hydroxyl groups is 1. The molecular weight excluding hydrogens is 522 g/mol. The van der Waals surface area contributed by atoms with E-state index in [0.717, 1.165) is 39.2 Å². The molecule has 0 saturated carbocycles. The molecule has 0 aliphatic heterocycles. The lowest BCUT2D eigenvalue weighted by molar-refractivity contribution is -0.155. The summed E-state index contributed by atoms with van der Waals surface area (Å²) in [5, 5.41) is 9.48. The summed E-state index contributed by atoms with van der Waals surface area (Å²) >= 11 is 1.49. The number of unbranched alkanes of at least 4 members (excludes halogenated alkanes) is 10. The molecular formula is C29H55NO8S. The van der Waals surface area contributed by atoms with Crippen molar-refractivity contribution in [3.05, 3.63) is 0 Å². The van der Waals surface area contributed by atoms with Crippen molar-refractivity contribution in [3.8, 4) is 0 Å². The topological polar surface area (TPSA) is 128 Å². The summed E-state index contributed by atoms with van der Waals surface area (Å²) in [6.07, 6.45) is 14.7. The first-order valence-electron chi connectivity index (χ1n) is 14.6. The highest BCUT2D eigenvalue weighted by Gasteiger charge is 2.19. The van der Waals surface area contributed by atoms with E-state index in [1.54, 1.807) is 0 Å². The van der Waals surface area contributed by atoms with Crippen molar-refractivity contribution in [3.63, 3.8) is 0 Å². The normalized spacial score (nSPS) is 11.1. The number of methoxy groups -OCH3 is 1. The monoisotopic (exact) mass is 577 g/mol. The Balaban J connectivity index is 0. The van der Waals surface area contributed by atoms with Gasteiger partial charge in [-0.3, -0.25) is 19.2 Å². The molecule has 0 aromatic rings. The number of nitrogens with one attached hydrogen (secondary N) is 1. The van der Waals surface area contributed by atoms with E-state index in [1.807, 2.05) is 0 Å². The van der Waals surface area contributed by atoms with Crippen LogP contribution in [0.3, 0.4) is 0 Å². The summed E-state index contributed by atoms with van der Waals surface area (Å²) in [6.45, 7) is 4.41. The molecule has 0 spiro atoms. The van der Waals surface area contributed by atoms with Crippen LogP contribution in [0.5, 0.6) is 0 Å². The molecule has 9 nitrogen and oxygen atoms in total. The zero-order valence-electron chi connectivity index (χ0n) is 24.9. The quantitative estimate of drug-likeness (QED) is 0.0838. The van der Waals surface area contributed by atoms with Crippen LogP contribution in [0.15, 0.2) is 0 Å². The number of carbonyl (C=O) groups is 4. The molecule has 0 rings (SSSR count). The lowest BCUT2D eigenvalue weighted by atomic mass is 10.0. The predicted octanol–water partition coefficient (Wildman–Crippen LogP) is 5.35. The van der Waals surface area contributed by atoms with Gasteiger partial charge < -0.3 is 24.6 Å². The molecule has 0 saturated heterocycles. The Bertz CT molecular complexity index is 618. The van der Waals surface area contributed by atoms with Crippen molar-refractivity contribution in [2.24, 2.45) is 0 Å². The van der Waals surface area contributed by atoms with Crippen molar-refractivity contribution in [1.29, 1.82) is 0 Å². The second kappa shape index (κ2) is 30.7. The molecule has 39 heavy (non-hydrogen) atoms. The van der Waals surface area contributed by atoms with Crippen molar-refractivity contribution < 1.29 is 38.5 Å². The number of esters is 3. The number of carbonyl (C=O) groups excluding carboxylic acids is 4. The Morgan fingerprint density at radius 2 is 1.33 bits per heavy atom. The van der Waals surface area contributed by atoms with E-state index in [4.69, 9.17) is 14.6 Å². The minimum Gasteiger partial charge on any atom is -0.468 e. The molecule has 0 bridgehead atoms. The largest absolute Gasteiger partial charge is 0.468 e. The maximum absolute atomic E-state index is 12.3. The first-order chi connectivity index (χ1) is 18.9. The molecule has 1 atom stereocenters. The first-order valence-corrected chi connectivity index (χ1v) is 15.8. The molecule has 0 aromatic carbocycles. The van der Waals surface area contributed by atoms with Crippen LogP contribution in [-0.2, 0) is 33.4 Å². The van der Waals surface area contributed by atoms with E-state index in [1.165, 1.54) is 63.8 Å². The van der Waals surface area contributed by atoms with Crippen LogP contribution < -0.4 is 5.32 Å². The molecule has 0 aliphatic carbocycles. The molecule has 0 aliphatic rings. The zero-order valence-corrected chi connectivity index (χ0v) is 25.7. The fourth-order valence-corrected chi connectivity index (χ4v) is 4.44. The molecule has 0 fully saturated rings. The maximum Gasteiger partial charge on any atom is 0.325 e. The minimum atomic E-state index is -0.490. The van der Waals surface area contributed by atoms with Gasteiger partial charge >= 0.3 is 17.9 Å². The number of hydrogen-bond donors (Lipinski definition) is 2. The fourth-order valence-electron chi connectivity index (χ4n) is 3.71. The standard InChI is InChI=1S/C28H51NO7S.CH4O/c1-4-6-8-9-10-11-12-13-15-16-24(36-26(31)17-14-7-5-2)22-27(32)35-19-21-37-20-18-25(30)29-23-28(33)34-3;1-2/h24H,4-23H2,1-3H3,(H,29,30);2H,1H3. The molecule has 0 radical (unpaired) electrons. The van der Waals surface area contributed by atoms with Gasteiger partial charge in [0.2, 0.25) is 5.91 Å². The van der Waals surface area contributed by atoms with Crippen molar-refractivity contribution in [2.75, 3.05) is 38.9 Å². The third kappa shape index (κ3) is 29.0. The highest BCUT2D eigenvalue weighted by molar-refractivity contribution is 7.99. The van der Waals surface area contributed by atoms with Gasteiger partial charge in [-0.25, -0.2) is 0 Å². The van der Waals surface area contributed by atoms with Crippen LogP contribution in [0.2, 0.25) is 0 Å². The Hall–Kier alpha value is -1.81. The van der Waals surface area contributed by atoms with E-state index in [0.29, 0.717) is 24.3 Å². The number of hydrogen-bond acceptors (Lipinski definition) is 9. The van der Waals surface area contributed by atoms with Crippen molar-refractivity contribution in [1.82, 2.24) is 5.32 Å². The summed E-state index contributed by atoms with van der Waals surface area (Å²) in [5.41, 5.74) is 0. The molecule has 2 N–H and O–H groups in total. The average Bonchev–Trinajstić information content (AvgIpc) is 2.93. The smallest absolute Gasteiger partial charge is 0.325 e. The van der Waals surface area contributed by atoms with Gasteiger partial charge in [-0.2, -0.15) is 11.8 Å². The SMILES string of the molecule is CCCCCCCCCCCC(CC(=O)OCCSCCC(=O)NCC(=O)OC)OC(=O)CCCCC.CO. The lowest BCUT2D eigenvalue weighted by Crippen LogP contribution is -2.30. The number of thioether (sulfide) groups is 1. The maximum atomic E-state index is 12.3. The van der Waals surface area contributed by atoms with Crippen LogP contribution in [0.1, 0.15) is 117 Å². The first kappa shape index (κ1) is 39.3. The minimum absolute atomic E-state index is 0.0805. The fraction of sp³-hybridized carbons (Fsp3) is 0.862. The van der Waals surface area contributed by atoms with Crippen LogP contribution in [0.4, 0.5) is 0 Å². The Labute approximate surface area is 240 Å². The summed E-state index contributed by atoms with van der Waals surface area (Å²) in [6, 6.07) is 0. The lowest BCUT2D eigenvalue weighted by Gasteiger charge is -2.17. The van der Waals surface area contributed by atoms with Crippen molar-refractivity contribution >= 4 is 35.6 Å². The Morgan fingerprint density at radius 1 is 0.744 bits per heavy atom. The Kier molecular flexibility index (Phi) is 31.0. The number of amides is 1. The summed E-state index contributed by atoms with van der Waals surface area (Å²) in [5.74, 6) is -0.191. The molecule has 10 heteroatoms. The number of ether oxygens (including phenoxy) is 3. The third-order valence-corrected chi connectivity index (χ3v) is 6.88. The van der Waals surface area contributed by atoms with Gasteiger partial charge in [0.15, 0.2) is 0 Å². The second-order valence-electron chi connectivity index (χ2n) is 9.33. The van der Waals surface area contributed by atoms with Gasteiger partial charge in [-0.15, -0.1) is 0 Å². The van der Waals surface area contributed by atoms with Gasteiger partial charge in [-0.1, -0.05) is 78.1 Å². The van der Waals surface area contributed by atoms with Crippen LogP contribution in [0, 0.1) is 0 Å². The Morgan fingerprint density at radius 3 is 1.95 bits per heavy atom.